The minimum atomic E-state index is -0.613. The number of fused-ring (bicyclic) bond motifs is 1. The molecule has 168 valence electrons. The highest BCUT2D eigenvalue weighted by atomic mass is 16.3. The van der Waals surface area contributed by atoms with E-state index in [9.17, 15) is 15.3 Å². The second kappa shape index (κ2) is 8.92. The summed E-state index contributed by atoms with van der Waals surface area (Å²) in [7, 11) is 0. The molecule has 4 aliphatic carbocycles. The van der Waals surface area contributed by atoms with E-state index in [1.165, 1.54) is 44.9 Å². The molecule has 0 amide bonds. The first-order chi connectivity index (χ1) is 14.3. The number of rotatable bonds is 6. The molecule has 4 rings (SSSR count). The summed E-state index contributed by atoms with van der Waals surface area (Å²) in [5.74, 6) is 2.66. The maximum Gasteiger partial charge on any atom is 0.0811 e. The molecule has 0 aromatic heterocycles. The van der Waals surface area contributed by atoms with Crippen LogP contribution in [0.3, 0.4) is 0 Å². The number of aliphatic hydroxyl groups is 3. The fourth-order valence-electron chi connectivity index (χ4n) is 7.03. The van der Waals surface area contributed by atoms with E-state index in [1.807, 2.05) is 0 Å². The van der Waals surface area contributed by atoms with Crippen molar-refractivity contribution >= 4 is 0 Å². The van der Waals surface area contributed by atoms with Crippen molar-refractivity contribution in [2.75, 3.05) is 0 Å². The van der Waals surface area contributed by atoms with Gasteiger partial charge < -0.3 is 15.3 Å². The summed E-state index contributed by atoms with van der Waals surface area (Å²) in [5, 5.41) is 30.5. The van der Waals surface area contributed by atoms with E-state index < -0.39 is 12.2 Å². The van der Waals surface area contributed by atoms with Gasteiger partial charge in [-0.25, -0.2) is 0 Å². The lowest BCUT2D eigenvalue weighted by Crippen LogP contribution is -2.36. The van der Waals surface area contributed by atoms with Crippen LogP contribution in [0.15, 0.2) is 35.5 Å². The quantitative estimate of drug-likeness (QED) is 0.552. The van der Waals surface area contributed by atoms with Crippen LogP contribution in [0.5, 0.6) is 0 Å². The Balaban J connectivity index is 1.44. The molecule has 0 aromatic carbocycles. The third-order valence-corrected chi connectivity index (χ3v) is 9.07. The van der Waals surface area contributed by atoms with E-state index in [2.05, 4.69) is 32.6 Å². The fourth-order valence-corrected chi connectivity index (χ4v) is 7.03. The van der Waals surface area contributed by atoms with Crippen LogP contribution in [0.2, 0.25) is 0 Å². The molecule has 0 aliphatic heterocycles. The van der Waals surface area contributed by atoms with Crippen LogP contribution in [0.1, 0.15) is 84.5 Å². The Bertz CT molecular complexity index is 703. The largest absolute Gasteiger partial charge is 0.393 e. The van der Waals surface area contributed by atoms with E-state index in [1.54, 1.807) is 5.57 Å². The zero-order valence-electron chi connectivity index (χ0n) is 19.0. The SMILES string of the molecule is C=C1C(=CC=C2CCC[C@]3(C)[C@@H]([C@H](C)CC[C@@H](O)C4CC4)CC[C@@H]23)C[C@@H](O)C[C@@H]1O. The Morgan fingerprint density at radius 2 is 1.90 bits per heavy atom. The van der Waals surface area contributed by atoms with E-state index in [0.29, 0.717) is 36.0 Å². The number of hydrogen-bond donors (Lipinski definition) is 3. The van der Waals surface area contributed by atoms with Gasteiger partial charge in [-0.05, 0) is 104 Å². The summed E-state index contributed by atoms with van der Waals surface area (Å²) >= 11 is 0. The molecule has 3 heteroatoms. The maximum atomic E-state index is 10.3. The average Bonchev–Trinajstić information content (AvgIpc) is 3.49. The van der Waals surface area contributed by atoms with Gasteiger partial charge in [0.15, 0.2) is 0 Å². The Kier molecular flexibility index (Phi) is 6.63. The zero-order valence-corrected chi connectivity index (χ0v) is 19.0. The van der Waals surface area contributed by atoms with E-state index in [0.717, 1.165) is 29.9 Å². The van der Waals surface area contributed by atoms with Gasteiger partial charge in [0.05, 0.1) is 18.3 Å². The molecule has 4 aliphatic rings. The van der Waals surface area contributed by atoms with Crippen LogP contribution in [-0.2, 0) is 0 Å². The summed E-state index contributed by atoms with van der Waals surface area (Å²) in [5.41, 5.74) is 3.72. The molecule has 4 fully saturated rings. The molecule has 0 aromatic rings. The van der Waals surface area contributed by atoms with Crippen molar-refractivity contribution in [2.45, 2.75) is 103 Å². The molecule has 3 nitrogen and oxygen atoms in total. The molecular formula is C27H42O3. The van der Waals surface area contributed by atoms with Crippen molar-refractivity contribution in [3.05, 3.63) is 35.5 Å². The summed E-state index contributed by atoms with van der Waals surface area (Å²) in [6, 6.07) is 0. The van der Waals surface area contributed by atoms with Gasteiger partial charge >= 0.3 is 0 Å². The molecule has 7 atom stereocenters. The third kappa shape index (κ3) is 4.49. The molecule has 0 spiro atoms. The topological polar surface area (TPSA) is 60.7 Å². The first-order valence-corrected chi connectivity index (χ1v) is 12.4. The monoisotopic (exact) mass is 414 g/mol. The van der Waals surface area contributed by atoms with Crippen LogP contribution in [0, 0.1) is 29.1 Å². The molecule has 4 saturated carbocycles. The number of allylic oxidation sites excluding steroid dienone is 3. The normalized spacial score (nSPS) is 41.8. The Labute approximate surface area is 183 Å². The van der Waals surface area contributed by atoms with Gasteiger partial charge in [-0.1, -0.05) is 38.2 Å². The molecule has 0 radical (unpaired) electrons. The highest BCUT2D eigenvalue weighted by molar-refractivity contribution is 5.38. The fraction of sp³-hybridized carbons (Fsp3) is 0.778. The predicted octanol–water partition coefficient (Wildman–Crippen LogP) is 5.31. The zero-order chi connectivity index (χ0) is 21.5. The summed E-state index contributed by atoms with van der Waals surface area (Å²) in [6.07, 6.45) is 15.2. The molecule has 30 heavy (non-hydrogen) atoms. The maximum absolute atomic E-state index is 10.3. The van der Waals surface area contributed by atoms with E-state index in [-0.39, 0.29) is 6.10 Å². The van der Waals surface area contributed by atoms with Crippen LogP contribution in [0.4, 0.5) is 0 Å². The van der Waals surface area contributed by atoms with Crippen LogP contribution in [0.25, 0.3) is 0 Å². The van der Waals surface area contributed by atoms with E-state index in [4.69, 9.17) is 0 Å². The lowest BCUT2D eigenvalue weighted by Gasteiger charge is -2.44. The van der Waals surface area contributed by atoms with Crippen molar-refractivity contribution in [1.82, 2.24) is 0 Å². The minimum Gasteiger partial charge on any atom is -0.393 e. The Morgan fingerprint density at radius 1 is 1.13 bits per heavy atom. The van der Waals surface area contributed by atoms with Gasteiger partial charge in [0.25, 0.3) is 0 Å². The predicted molar refractivity (Wildman–Crippen MR) is 122 cm³/mol. The lowest BCUT2D eigenvalue weighted by atomic mass is 9.60. The average molecular weight is 415 g/mol. The molecule has 0 unspecified atom stereocenters. The summed E-state index contributed by atoms with van der Waals surface area (Å²) in [6.45, 7) is 9.01. The molecule has 0 saturated heterocycles. The highest BCUT2D eigenvalue weighted by Crippen LogP contribution is 2.60. The van der Waals surface area contributed by atoms with Crippen LogP contribution < -0.4 is 0 Å². The standard InChI is InChI=1S/C27H42O3/c1-17(6-13-25(29)20-8-9-20)23-11-12-24-19(5-4-14-27(23,24)3)7-10-21-15-22(28)16-26(30)18(21)2/h7,10,17,20,22-26,28-30H,2,4-6,8-9,11-16H2,1,3H3/t17-,22-,23-,24+,25-,26+,27-/m1/s1. The molecule has 0 bridgehead atoms. The van der Waals surface area contributed by atoms with Crippen molar-refractivity contribution in [3.63, 3.8) is 0 Å². The van der Waals surface area contributed by atoms with Gasteiger partial charge in [-0.3, -0.25) is 0 Å². The van der Waals surface area contributed by atoms with E-state index >= 15 is 0 Å². The smallest absolute Gasteiger partial charge is 0.0811 e. The van der Waals surface area contributed by atoms with Crippen molar-refractivity contribution in [2.24, 2.45) is 29.1 Å². The summed E-state index contributed by atoms with van der Waals surface area (Å²) < 4.78 is 0. The lowest BCUT2D eigenvalue weighted by molar-refractivity contribution is 0.0784. The van der Waals surface area contributed by atoms with Crippen LogP contribution >= 0.6 is 0 Å². The van der Waals surface area contributed by atoms with Gasteiger partial charge in [0, 0.05) is 6.42 Å². The highest BCUT2D eigenvalue weighted by Gasteiger charge is 2.50. The molecular weight excluding hydrogens is 372 g/mol. The second-order valence-corrected chi connectivity index (χ2v) is 11.1. The molecule has 0 heterocycles. The van der Waals surface area contributed by atoms with Gasteiger partial charge in [0.2, 0.25) is 0 Å². The summed E-state index contributed by atoms with van der Waals surface area (Å²) in [4.78, 5) is 0. The van der Waals surface area contributed by atoms with Gasteiger partial charge in [0.1, 0.15) is 0 Å². The Hall–Kier alpha value is -0.900. The Morgan fingerprint density at radius 3 is 2.63 bits per heavy atom. The number of aliphatic hydroxyl groups excluding tert-OH is 3. The second-order valence-electron chi connectivity index (χ2n) is 11.1. The van der Waals surface area contributed by atoms with Crippen molar-refractivity contribution in [3.8, 4) is 0 Å². The first kappa shape index (κ1) is 22.3. The third-order valence-electron chi connectivity index (χ3n) is 9.07. The van der Waals surface area contributed by atoms with Crippen molar-refractivity contribution in [1.29, 1.82) is 0 Å². The van der Waals surface area contributed by atoms with Crippen LogP contribution in [-0.4, -0.2) is 33.6 Å². The first-order valence-electron chi connectivity index (χ1n) is 12.4. The molecule has 3 N–H and O–H groups in total. The number of hydrogen-bond acceptors (Lipinski definition) is 3. The minimum absolute atomic E-state index is 0.0693. The van der Waals surface area contributed by atoms with Crippen molar-refractivity contribution < 1.29 is 15.3 Å². The van der Waals surface area contributed by atoms with Gasteiger partial charge in [-0.15, -0.1) is 0 Å². The van der Waals surface area contributed by atoms with Gasteiger partial charge in [-0.2, -0.15) is 0 Å².